The third-order valence-corrected chi connectivity index (χ3v) is 10.9. The summed E-state index contributed by atoms with van der Waals surface area (Å²) in [4.78, 5) is 25.0. The minimum atomic E-state index is 0.635. The SMILES string of the molecule is c1ccc(-c2cc(-c3ccccc3)nc(-c3ccc4sc5cccc(-c6ccc(-c7nc(-c8ccccc8)nc(-c8ccccc8)n7)cc6)c5c4c3)n2)cc1. The zero-order chi connectivity index (χ0) is 36.6. The van der Waals surface area contributed by atoms with E-state index in [0.29, 0.717) is 23.3 Å². The maximum Gasteiger partial charge on any atom is 0.164 e. The van der Waals surface area contributed by atoms with Crippen molar-refractivity contribution >= 4 is 31.5 Å². The van der Waals surface area contributed by atoms with Crippen molar-refractivity contribution in [2.24, 2.45) is 0 Å². The standard InChI is InChI=1S/C49H31N5S/c1-5-14-33(15-6-1)41-31-42(34-16-7-2-8-17-34)51-49(50-41)38-28-29-43-40(30-38)45-39(22-13-23-44(45)55-43)32-24-26-37(27-25-32)48-53-46(35-18-9-3-10-19-35)52-47(54-48)36-20-11-4-12-21-36/h1-31H. The molecule has 0 amide bonds. The smallest absolute Gasteiger partial charge is 0.164 e. The quantitative estimate of drug-likeness (QED) is 0.164. The van der Waals surface area contributed by atoms with Crippen LogP contribution in [0.3, 0.4) is 0 Å². The molecule has 0 spiro atoms. The van der Waals surface area contributed by atoms with E-state index in [4.69, 9.17) is 24.9 Å². The average molecular weight is 722 g/mol. The van der Waals surface area contributed by atoms with Crippen LogP contribution in [0.25, 0.3) is 99.4 Å². The van der Waals surface area contributed by atoms with Gasteiger partial charge in [-0.3, -0.25) is 0 Å². The second-order valence-electron chi connectivity index (χ2n) is 13.3. The molecule has 6 heteroatoms. The van der Waals surface area contributed by atoms with Crippen LogP contribution in [0.4, 0.5) is 0 Å². The third-order valence-electron chi connectivity index (χ3n) is 9.77. The van der Waals surface area contributed by atoms with Crippen molar-refractivity contribution in [3.05, 3.63) is 188 Å². The summed E-state index contributed by atoms with van der Waals surface area (Å²) in [5.74, 6) is 2.63. The van der Waals surface area contributed by atoms with Crippen molar-refractivity contribution in [2.45, 2.75) is 0 Å². The molecule has 0 saturated carbocycles. The molecule has 258 valence electrons. The van der Waals surface area contributed by atoms with Gasteiger partial charge in [0, 0.05) is 53.6 Å². The summed E-state index contributed by atoms with van der Waals surface area (Å²) >= 11 is 1.81. The van der Waals surface area contributed by atoms with Crippen LogP contribution in [0.15, 0.2) is 188 Å². The maximum atomic E-state index is 5.12. The molecule has 55 heavy (non-hydrogen) atoms. The van der Waals surface area contributed by atoms with Gasteiger partial charge >= 0.3 is 0 Å². The molecule has 10 aromatic rings. The molecule has 0 N–H and O–H groups in total. The highest BCUT2D eigenvalue weighted by molar-refractivity contribution is 7.26. The van der Waals surface area contributed by atoms with E-state index in [0.717, 1.165) is 50.3 Å². The monoisotopic (exact) mass is 721 g/mol. The summed E-state index contributed by atoms with van der Waals surface area (Å²) in [6.45, 7) is 0. The molecule has 5 nitrogen and oxygen atoms in total. The van der Waals surface area contributed by atoms with Crippen LogP contribution in [-0.2, 0) is 0 Å². The highest BCUT2D eigenvalue weighted by Gasteiger charge is 2.17. The first-order chi connectivity index (χ1) is 27.2. The summed E-state index contributed by atoms with van der Waals surface area (Å²) in [5, 5.41) is 2.40. The predicted octanol–water partition coefficient (Wildman–Crippen LogP) is 12.7. The Morgan fingerprint density at radius 1 is 0.291 bits per heavy atom. The van der Waals surface area contributed by atoms with E-state index in [1.165, 1.54) is 25.7 Å². The van der Waals surface area contributed by atoms with Gasteiger partial charge in [-0.15, -0.1) is 11.3 Å². The summed E-state index contributed by atoms with van der Waals surface area (Å²) in [5.41, 5.74) is 9.99. The topological polar surface area (TPSA) is 64.5 Å². The highest BCUT2D eigenvalue weighted by atomic mass is 32.1. The number of hydrogen-bond donors (Lipinski definition) is 0. The van der Waals surface area contributed by atoms with Gasteiger partial charge in [0.2, 0.25) is 0 Å². The Kier molecular flexibility index (Phi) is 8.28. The molecule has 0 aliphatic carbocycles. The number of rotatable bonds is 7. The third kappa shape index (κ3) is 6.35. The average Bonchev–Trinajstić information content (AvgIpc) is 3.66. The molecule has 7 aromatic carbocycles. The van der Waals surface area contributed by atoms with E-state index >= 15 is 0 Å². The van der Waals surface area contributed by atoms with E-state index in [2.05, 4.69) is 91.0 Å². The largest absolute Gasteiger partial charge is 0.228 e. The zero-order valence-corrected chi connectivity index (χ0v) is 30.4. The van der Waals surface area contributed by atoms with Crippen LogP contribution in [0.2, 0.25) is 0 Å². The van der Waals surface area contributed by atoms with Crippen LogP contribution in [-0.4, -0.2) is 24.9 Å². The number of benzene rings is 7. The Morgan fingerprint density at radius 3 is 1.25 bits per heavy atom. The van der Waals surface area contributed by atoms with Crippen molar-refractivity contribution in [1.29, 1.82) is 0 Å². The maximum absolute atomic E-state index is 5.12. The molecule has 0 fully saturated rings. The second kappa shape index (κ2) is 14.0. The van der Waals surface area contributed by atoms with Gasteiger partial charge in [-0.2, -0.15) is 0 Å². The molecule has 0 atom stereocenters. The summed E-state index contributed by atoms with van der Waals surface area (Å²) in [7, 11) is 0. The first-order valence-corrected chi connectivity index (χ1v) is 19.0. The molecule has 0 saturated heterocycles. The molecule has 3 heterocycles. The molecule has 0 radical (unpaired) electrons. The number of aromatic nitrogens is 5. The first kappa shape index (κ1) is 32.5. The van der Waals surface area contributed by atoms with E-state index in [9.17, 15) is 0 Å². The van der Waals surface area contributed by atoms with Crippen LogP contribution in [0.5, 0.6) is 0 Å². The van der Waals surface area contributed by atoms with Crippen molar-refractivity contribution in [1.82, 2.24) is 24.9 Å². The van der Waals surface area contributed by atoms with Crippen LogP contribution in [0.1, 0.15) is 0 Å². The Morgan fingerprint density at radius 2 is 0.727 bits per heavy atom. The van der Waals surface area contributed by atoms with Crippen molar-refractivity contribution in [2.75, 3.05) is 0 Å². The molecular weight excluding hydrogens is 691 g/mol. The predicted molar refractivity (Wildman–Crippen MR) is 226 cm³/mol. The van der Waals surface area contributed by atoms with E-state index in [-0.39, 0.29) is 0 Å². The van der Waals surface area contributed by atoms with Crippen LogP contribution < -0.4 is 0 Å². The molecular formula is C49H31N5S. The fraction of sp³-hybridized carbons (Fsp3) is 0. The lowest BCUT2D eigenvalue weighted by molar-refractivity contribution is 1.07. The van der Waals surface area contributed by atoms with Crippen molar-refractivity contribution < 1.29 is 0 Å². The van der Waals surface area contributed by atoms with E-state index in [1.54, 1.807) is 11.3 Å². The summed E-state index contributed by atoms with van der Waals surface area (Å²) in [6.07, 6.45) is 0. The van der Waals surface area contributed by atoms with Gasteiger partial charge in [0.15, 0.2) is 23.3 Å². The molecule has 0 aliphatic heterocycles. The van der Waals surface area contributed by atoms with Crippen LogP contribution in [0, 0.1) is 0 Å². The molecule has 10 rings (SSSR count). The highest BCUT2D eigenvalue weighted by Crippen LogP contribution is 2.42. The van der Waals surface area contributed by atoms with Gasteiger partial charge in [0.25, 0.3) is 0 Å². The van der Waals surface area contributed by atoms with Gasteiger partial charge in [-0.1, -0.05) is 158 Å². The fourth-order valence-corrected chi connectivity index (χ4v) is 8.15. The number of thiophene rings is 1. The van der Waals surface area contributed by atoms with Gasteiger partial charge in [-0.05, 0) is 41.5 Å². The minimum absolute atomic E-state index is 0.635. The Hall–Kier alpha value is -7.15. The van der Waals surface area contributed by atoms with Gasteiger partial charge in [-0.25, -0.2) is 24.9 Å². The first-order valence-electron chi connectivity index (χ1n) is 18.2. The Bertz CT molecular complexity index is 2830. The molecule has 0 bridgehead atoms. The minimum Gasteiger partial charge on any atom is -0.228 e. The molecule has 0 unspecified atom stereocenters. The summed E-state index contributed by atoms with van der Waals surface area (Å²) < 4.78 is 2.45. The second-order valence-corrected chi connectivity index (χ2v) is 14.4. The van der Waals surface area contributed by atoms with Crippen LogP contribution >= 0.6 is 11.3 Å². The Balaban J connectivity index is 1.07. The number of nitrogens with zero attached hydrogens (tertiary/aromatic N) is 5. The van der Waals surface area contributed by atoms with Gasteiger partial charge < -0.3 is 0 Å². The lowest BCUT2D eigenvalue weighted by atomic mass is 9.97. The van der Waals surface area contributed by atoms with E-state index < -0.39 is 0 Å². The van der Waals surface area contributed by atoms with Crippen molar-refractivity contribution in [3.8, 4) is 79.2 Å². The zero-order valence-electron chi connectivity index (χ0n) is 29.5. The van der Waals surface area contributed by atoms with Gasteiger partial charge in [0.1, 0.15) is 0 Å². The lowest BCUT2D eigenvalue weighted by Gasteiger charge is -2.10. The summed E-state index contributed by atoms with van der Waals surface area (Å²) in [6, 6.07) is 64.6. The Labute approximate surface area is 322 Å². The van der Waals surface area contributed by atoms with Crippen molar-refractivity contribution in [3.63, 3.8) is 0 Å². The molecule has 0 aliphatic rings. The lowest BCUT2D eigenvalue weighted by Crippen LogP contribution is -2.00. The number of fused-ring (bicyclic) bond motifs is 3. The molecule has 3 aromatic heterocycles. The van der Waals surface area contributed by atoms with Gasteiger partial charge in [0.05, 0.1) is 11.4 Å². The number of hydrogen-bond acceptors (Lipinski definition) is 6. The normalized spacial score (nSPS) is 11.3. The fourth-order valence-electron chi connectivity index (χ4n) is 7.03. The van der Waals surface area contributed by atoms with E-state index in [1.807, 2.05) is 97.1 Å².